The van der Waals surface area contributed by atoms with Gasteiger partial charge >= 0.3 is 5.97 Å². The smallest absolute Gasteiger partial charge is 0.303 e. The van der Waals surface area contributed by atoms with E-state index in [4.69, 9.17) is 10.4 Å². The molecule has 0 atom stereocenters. The van der Waals surface area contributed by atoms with E-state index in [9.17, 15) is 9.59 Å². The fourth-order valence-corrected chi connectivity index (χ4v) is 2.09. The normalized spacial score (nSPS) is 15.3. The quantitative estimate of drug-likeness (QED) is 0.846. The van der Waals surface area contributed by atoms with Gasteiger partial charge in [0.1, 0.15) is 0 Å². The van der Waals surface area contributed by atoms with E-state index in [1.165, 1.54) is 0 Å². The molecule has 2 N–H and O–H groups in total. The molecule has 1 aliphatic rings. The number of carboxylic acids is 1. The number of hydrogen-bond acceptors (Lipinski definition) is 3. The summed E-state index contributed by atoms with van der Waals surface area (Å²) in [4.78, 5) is 22.5. The Bertz CT molecular complexity index is 539. The van der Waals surface area contributed by atoms with Gasteiger partial charge in [0.2, 0.25) is 5.91 Å². The van der Waals surface area contributed by atoms with Crippen molar-refractivity contribution < 1.29 is 14.7 Å². The zero-order valence-electron chi connectivity index (χ0n) is 10.3. The molecule has 19 heavy (non-hydrogen) atoms. The first-order chi connectivity index (χ1) is 9.03. The summed E-state index contributed by atoms with van der Waals surface area (Å²) in [7, 11) is 0. The number of nitrogens with zero attached hydrogens (tertiary/aromatic N) is 1. The Morgan fingerprint density at radius 3 is 2.37 bits per heavy atom. The maximum absolute atomic E-state index is 11.8. The van der Waals surface area contributed by atoms with Gasteiger partial charge in [-0.15, -0.1) is 0 Å². The number of benzene rings is 1. The van der Waals surface area contributed by atoms with E-state index in [2.05, 4.69) is 5.32 Å². The molecule has 0 spiro atoms. The highest BCUT2D eigenvalue weighted by Crippen LogP contribution is 2.51. The number of hydrogen-bond donors (Lipinski definition) is 2. The fraction of sp³-hybridized carbons (Fsp3) is 0.357. The summed E-state index contributed by atoms with van der Waals surface area (Å²) in [5.41, 5.74) is 0.806. The lowest BCUT2D eigenvalue weighted by Gasteiger charge is -2.12. The van der Waals surface area contributed by atoms with Crippen molar-refractivity contribution in [2.24, 2.45) is 5.41 Å². The Balaban J connectivity index is 1.91. The van der Waals surface area contributed by atoms with E-state index in [-0.39, 0.29) is 24.2 Å². The number of rotatable bonds is 5. The summed E-state index contributed by atoms with van der Waals surface area (Å²) in [6, 6.07) is 8.57. The molecule has 1 aromatic carbocycles. The zero-order valence-corrected chi connectivity index (χ0v) is 10.3. The Morgan fingerprint density at radius 2 is 1.89 bits per heavy atom. The van der Waals surface area contributed by atoms with Crippen molar-refractivity contribution in [3.8, 4) is 6.07 Å². The highest BCUT2D eigenvalue weighted by atomic mass is 16.4. The summed E-state index contributed by atoms with van der Waals surface area (Å²) in [6.45, 7) is 0. The number of amides is 1. The van der Waals surface area contributed by atoms with Gasteiger partial charge in [-0.3, -0.25) is 9.59 Å². The fourth-order valence-electron chi connectivity index (χ4n) is 2.09. The molecule has 5 nitrogen and oxygen atoms in total. The number of carbonyl (C=O) groups excluding carboxylic acids is 1. The van der Waals surface area contributed by atoms with Crippen molar-refractivity contribution in [1.29, 1.82) is 5.26 Å². The minimum absolute atomic E-state index is 0.0494. The lowest BCUT2D eigenvalue weighted by Crippen LogP contribution is -2.19. The molecular formula is C14H14N2O3. The standard InChI is InChI=1S/C14H14N2O3/c15-9-10-1-3-11(4-2-10)16-12(17)7-14(5-6-14)8-13(18)19/h1-4H,5-8H2,(H,16,17)(H,18,19). The molecule has 0 aromatic heterocycles. The highest BCUT2D eigenvalue weighted by molar-refractivity contribution is 5.91. The molecule has 1 amide bonds. The predicted molar refractivity (Wildman–Crippen MR) is 68.3 cm³/mol. The van der Waals surface area contributed by atoms with Crippen LogP contribution in [0.3, 0.4) is 0 Å². The van der Waals surface area contributed by atoms with E-state index in [1.807, 2.05) is 6.07 Å². The monoisotopic (exact) mass is 258 g/mol. The second kappa shape index (κ2) is 5.11. The lowest BCUT2D eigenvalue weighted by molar-refractivity contribution is -0.138. The maximum atomic E-state index is 11.8. The summed E-state index contributed by atoms with van der Waals surface area (Å²) < 4.78 is 0. The molecule has 0 radical (unpaired) electrons. The van der Waals surface area contributed by atoms with Crippen LogP contribution in [0.25, 0.3) is 0 Å². The third kappa shape index (κ3) is 3.55. The first-order valence-electron chi connectivity index (χ1n) is 6.05. The molecule has 0 heterocycles. The molecule has 0 aliphatic heterocycles. The molecule has 0 unspecified atom stereocenters. The predicted octanol–water partition coefficient (Wildman–Crippen LogP) is 2.14. The van der Waals surface area contributed by atoms with Gasteiger partial charge in [0.15, 0.2) is 0 Å². The van der Waals surface area contributed by atoms with Crippen molar-refractivity contribution in [2.45, 2.75) is 25.7 Å². The molecule has 0 saturated heterocycles. The Kier molecular flexibility index (Phi) is 3.52. The van der Waals surface area contributed by atoms with E-state index < -0.39 is 5.97 Å². The van der Waals surface area contributed by atoms with Crippen LogP contribution in [0.4, 0.5) is 5.69 Å². The number of anilines is 1. The molecule has 1 saturated carbocycles. The second-order valence-electron chi connectivity index (χ2n) is 4.98. The molecule has 98 valence electrons. The number of carboxylic acid groups (broad SMARTS) is 1. The van der Waals surface area contributed by atoms with Crippen LogP contribution in [0.1, 0.15) is 31.2 Å². The minimum Gasteiger partial charge on any atom is -0.481 e. The Hall–Kier alpha value is -2.35. The summed E-state index contributed by atoms with van der Waals surface area (Å²) >= 11 is 0. The van der Waals surface area contributed by atoms with Gasteiger partial charge in [-0.05, 0) is 42.5 Å². The molecule has 1 aliphatic carbocycles. The number of nitrogens with one attached hydrogen (secondary N) is 1. The minimum atomic E-state index is -0.858. The molecule has 2 rings (SSSR count). The third-order valence-corrected chi connectivity index (χ3v) is 3.32. The maximum Gasteiger partial charge on any atom is 0.303 e. The van der Waals surface area contributed by atoms with Crippen molar-refractivity contribution in [2.75, 3.05) is 5.32 Å². The van der Waals surface area contributed by atoms with Crippen LogP contribution in [0.2, 0.25) is 0 Å². The first kappa shape index (κ1) is 13.1. The van der Waals surface area contributed by atoms with Crippen molar-refractivity contribution >= 4 is 17.6 Å². The van der Waals surface area contributed by atoms with Gasteiger partial charge < -0.3 is 10.4 Å². The Labute approximate surface area is 110 Å². The van der Waals surface area contributed by atoms with Crippen molar-refractivity contribution in [3.63, 3.8) is 0 Å². The van der Waals surface area contributed by atoms with Gasteiger partial charge in [0.25, 0.3) is 0 Å². The summed E-state index contributed by atoms with van der Waals surface area (Å²) in [6.07, 6.45) is 1.87. The van der Waals surface area contributed by atoms with Gasteiger partial charge in [-0.1, -0.05) is 0 Å². The first-order valence-corrected chi connectivity index (χ1v) is 6.05. The third-order valence-electron chi connectivity index (χ3n) is 3.32. The molecule has 5 heteroatoms. The van der Waals surface area contributed by atoms with Gasteiger partial charge in [-0.2, -0.15) is 5.26 Å². The summed E-state index contributed by atoms with van der Waals surface area (Å²) in [5.74, 6) is -1.04. The highest BCUT2D eigenvalue weighted by Gasteiger charge is 2.45. The van der Waals surface area contributed by atoms with Crippen LogP contribution < -0.4 is 5.32 Å². The van der Waals surface area contributed by atoms with E-state index in [0.29, 0.717) is 11.3 Å². The van der Waals surface area contributed by atoms with Crippen molar-refractivity contribution in [1.82, 2.24) is 0 Å². The molecule has 0 bridgehead atoms. The van der Waals surface area contributed by atoms with Crippen LogP contribution in [-0.2, 0) is 9.59 Å². The SMILES string of the molecule is N#Cc1ccc(NC(=O)CC2(CC(=O)O)CC2)cc1. The molecule has 1 fully saturated rings. The number of carbonyl (C=O) groups is 2. The van der Waals surface area contributed by atoms with Crippen LogP contribution in [0, 0.1) is 16.7 Å². The van der Waals surface area contributed by atoms with Gasteiger partial charge in [0.05, 0.1) is 18.1 Å². The van der Waals surface area contributed by atoms with Crippen LogP contribution >= 0.6 is 0 Å². The molecular weight excluding hydrogens is 244 g/mol. The largest absolute Gasteiger partial charge is 0.481 e. The Morgan fingerprint density at radius 1 is 1.26 bits per heavy atom. The average Bonchev–Trinajstić information content (AvgIpc) is 3.08. The number of nitriles is 1. The number of aliphatic carboxylic acids is 1. The zero-order chi connectivity index (χ0) is 13.9. The van der Waals surface area contributed by atoms with E-state index in [0.717, 1.165) is 12.8 Å². The van der Waals surface area contributed by atoms with Crippen LogP contribution in [0.5, 0.6) is 0 Å². The van der Waals surface area contributed by atoms with E-state index >= 15 is 0 Å². The van der Waals surface area contributed by atoms with Gasteiger partial charge in [0, 0.05) is 12.1 Å². The van der Waals surface area contributed by atoms with E-state index in [1.54, 1.807) is 24.3 Å². The van der Waals surface area contributed by atoms with Crippen LogP contribution in [-0.4, -0.2) is 17.0 Å². The average molecular weight is 258 g/mol. The topological polar surface area (TPSA) is 90.2 Å². The summed E-state index contributed by atoms with van der Waals surface area (Å²) in [5, 5.41) is 20.2. The molecule has 1 aromatic rings. The van der Waals surface area contributed by atoms with Crippen LogP contribution in [0.15, 0.2) is 24.3 Å². The lowest BCUT2D eigenvalue weighted by atomic mass is 9.98. The van der Waals surface area contributed by atoms with Crippen molar-refractivity contribution in [3.05, 3.63) is 29.8 Å². The van der Waals surface area contributed by atoms with Gasteiger partial charge in [-0.25, -0.2) is 0 Å². The second-order valence-corrected chi connectivity index (χ2v) is 4.98.